The first-order valence-corrected chi connectivity index (χ1v) is 7.85. The number of hydrazine groups is 1. The van der Waals surface area contributed by atoms with Crippen molar-refractivity contribution in [2.24, 2.45) is 10.8 Å². The summed E-state index contributed by atoms with van der Waals surface area (Å²) in [6, 6.07) is 1.02. The highest BCUT2D eigenvalue weighted by atomic mass is 32.2. The Morgan fingerprint density at radius 1 is 1.35 bits per heavy atom. The van der Waals surface area contributed by atoms with Crippen molar-refractivity contribution in [2.45, 2.75) is 51.1 Å². The average Bonchev–Trinajstić information content (AvgIpc) is 2.38. The van der Waals surface area contributed by atoms with Gasteiger partial charge in [-0.15, -0.1) is 0 Å². The van der Waals surface area contributed by atoms with Crippen molar-refractivity contribution < 1.29 is 0 Å². The van der Waals surface area contributed by atoms with Gasteiger partial charge in [0.15, 0.2) is 0 Å². The number of rotatable bonds is 1. The van der Waals surface area contributed by atoms with Gasteiger partial charge in [0, 0.05) is 24.1 Å². The maximum absolute atomic E-state index is 5.65. The van der Waals surface area contributed by atoms with E-state index in [9.17, 15) is 0 Å². The number of nitrogens with zero attached hydrogens (tertiary/aromatic N) is 2. The quantitative estimate of drug-likeness (QED) is 0.324. The van der Waals surface area contributed by atoms with Crippen LogP contribution < -0.4 is 11.3 Å². The molecule has 0 aromatic carbocycles. The molecule has 17 heavy (non-hydrogen) atoms. The van der Waals surface area contributed by atoms with Crippen LogP contribution in [0, 0.1) is 0 Å². The second kappa shape index (κ2) is 6.50. The third-order valence-corrected chi connectivity index (χ3v) is 4.84. The van der Waals surface area contributed by atoms with Crippen molar-refractivity contribution in [3.8, 4) is 0 Å². The van der Waals surface area contributed by atoms with E-state index in [1.54, 1.807) is 0 Å². The predicted molar refractivity (Wildman–Crippen MR) is 75.1 cm³/mol. The monoisotopic (exact) mass is 256 g/mol. The van der Waals surface area contributed by atoms with Gasteiger partial charge in [0.25, 0.3) is 0 Å². The molecule has 3 N–H and O–H groups in total. The summed E-state index contributed by atoms with van der Waals surface area (Å²) < 4.78 is 0. The third-order valence-electron chi connectivity index (χ3n) is 3.65. The molecule has 5 heteroatoms. The van der Waals surface area contributed by atoms with Crippen LogP contribution in [0.2, 0.25) is 0 Å². The molecule has 98 valence electrons. The molecular weight excluding hydrogens is 232 g/mol. The van der Waals surface area contributed by atoms with E-state index in [1.807, 2.05) is 11.8 Å². The van der Waals surface area contributed by atoms with Gasteiger partial charge >= 0.3 is 0 Å². The zero-order valence-corrected chi connectivity index (χ0v) is 11.5. The summed E-state index contributed by atoms with van der Waals surface area (Å²) in [4.78, 5) is 7.15. The molecule has 0 radical (unpaired) electrons. The molecule has 1 saturated carbocycles. The second-order valence-electron chi connectivity index (χ2n) is 5.01. The first kappa shape index (κ1) is 13.0. The lowest BCUT2D eigenvalue weighted by Crippen LogP contribution is -2.52. The Hall–Kier alpha value is -0.420. The van der Waals surface area contributed by atoms with Gasteiger partial charge in [0.1, 0.15) is 0 Å². The van der Waals surface area contributed by atoms with Crippen LogP contribution in [0.3, 0.4) is 0 Å². The number of aliphatic imine (C=N–C) groups is 1. The number of hydrogen-bond acceptors (Lipinski definition) is 3. The van der Waals surface area contributed by atoms with E-state index in [1.165, 1.54) is 43.6 Å². The third kappa shape index (κ3) is 3.52. The van der Waals surface area contributed by atoms with E-state index in [0.29, 0.717) is 12.1 Å². The van der Waals surface area contributed by atoms with E-state index in [-0.39, 0.29) is 0 Å². The van der Waals surface area contributed by atoms with Crippen molar-refractivity contribution in [3.05, 3.63) is 0 Å². The van der Waals surface area contributed by atoms with Crippen molar-refractivity contribution in [2.75, 3.05) is 18.1 Å². The lowest BCUT2D eigenvalue weighted by atomic mass is 9.96. The molecule has 1 saturated heterocycles. The molecule has 0 bridgehead atoms. The maximum Gasteiger partial charge on any atom is 0.208 e. The Morgan fingerprint density at radius 2 is 2.12 bits per heavy atom. The van der Waals surface area contributed by atoms with Crippen LogP contribution in [-0.2, 0) is 0 Å². The molecule has 0 spiro atoms. The summed E-state index contributed by atoms with van der Waals surface area (Å²) in [7, 11) is 0. The molecule has 4 nitrogen and oxygen atoms in total. The molecule has 2 fully saturated rings. The summed E-state index contributed by atoms with van der Waals surface area (Å²) in [6.07, 6.45) is 6.45. The minimum atomic E-state index is 0.483. The van der Waals surface area contributed by atoms with E-state index in [2.05, 4.69) is 17.2 Å². The first-order chi connectivity index (χ1) is 8.31. The van der Waals surface area contributed by atoms with Gasteiger partial charge in [0.05, 0.1) is 6.04 Å². The number of thioether (sulfide) groups is 1. The van der Waals surface area contributed by atoms with Crippen molar-refractivity contribution in [1.82, 2.24) is 10.3 Å². The molecular formula is C12H24N4S. The predicted octanol–water partition coefficient (Wildman–Crippen LogP) is 1.58. The Balaban J connectivity index is 2.00. The van der Waals surface area contributed by atoms with Gasteiger partial charge in [-0.25, -0.2) is 10.8 Å². The van der Waals surface area contributed by atoms with Crippen LogP contribution >= 0.6 is 11.8 Å². The topological polar surface area (TPSA) is 53.6 Å². The molecule has 1 aliphatic heterocycles. The van der Waals surface area contributed by atoms with Crippen LogP contribution in [-0.4, -0.2) is 41.0 Å². The molecule has 1 aliphatic carbocycles. The van der Waals surface area contributed by atoms with Gasteiger partial charge in [-0.05, 0) is 19.8 Å². The van der Waals surface area contributed by atoms with Crippen molar-refractivity contribution >= 4 is 17.7 Å². The van der Waals surface area contributed by atoms with Crippen LogP contribution in [0.1, 0.15) is 39.0 Å². The van der Waals surface area contributed by atoms with Gasteiger partial charge in [0.2, 0.25) is 5.96 Å². The standard InChI is InChI=1S/C12H24N4S/c1-10-9-17-8-7-16(10)12(15-13)14-11-5-3-2-4-6-11/h10-11H,2-9,13H2,1H3,(H,14,15). The van der Waals surface area contributed by atoms with Crippen molar-refractivity contribution in [3.63, 3.8) is 0 Å². The molecule has 1 atom stereocenters. The highest BCUT2D eigenvalue weighted by Crippen LogP contribution is 2.21. The summed E-state index contributed by atoms with van der Waals surface area (Å²) in [6.45, 7) is 3.31. The zero-order chi connectivity index (χ0) is 12.1. The number of guanidine groups is 1. The molecule has 0 aromatic heterocycles. The second-order valence-corrected chi connectivity index (χ2v) is 6.16. The van der Waals surface area contributed by atoms with Gasteiger partial charge < -0.3 is 4.90 Å². The lowest BCUT2D eigenvalue weighted by molar-refractivity contribution is 0.344. The van der Waals surface area contributed by atoms with E-state index < -0.39 is 0 Å². The minimum absolute atomic E-state index is 0.483. The highest BCUT2D eigenvalue weighted by Gasteiger charge is 2.23. The minimum Gasteiger partial charge on any atom is -0.338 e. The Morgan fingerprint density at radius 3 is 2.76 bits per heavy atom. The zero-order valence-electron chi connectivity index (χ0n) is 10.7. The van der Waals surface area contributed by atoms with Gasteiger partial charge in [-0.1, -0.05) is 19.3 Å². The van der Waals surface area contributed by atoms with E-state index in [0.717, 1.165) is 12.5 Å². The van der Waals surface area contributed by atoms with Gasteiger partial charge in [-0.2, -0.15) is 11.8 Å². The fourth-order valence-electron chi connectivity index (χ4n) is 2.62. The smallest absolute Gasteiger partial charge is 0.208 e. The van der Waals surface area contributed by atoms with Crippen LogP contribution in [0.25, 0.3) is 0 Å². The molecule has 0 amide bonds. The lowest BCUT2D eigenvalue weighted by Gasteiger charge is -2.35. The highest BCUT2D eigenvalue weighted by molar-refractivity contribution is 7.99. The Labute approximate surface area is 108 Å². The molecule has 1 unspecified atom stereocenters. The van der Waals surface area contributed by atoms with E-state index >= 15 is 0 Å². The first-order valence-electron chi connectivity index (χ1n) is 6.70. The van der Waals surface area contributed by atoms with E-state index in [4.69, 9.17) is 10.8 Å². The fourth-order valence-corrected chi connectivity index (χ4v) is 3.63. The Bertz CT molecular complexity index is 263. The van der Waals surface area contributed by atoms with Gasteiger partial charge in [-0.3, -0.25) is 5.43 Å². The number of nitrogens with one attached hydrogen (secondary N) is 1. The largest absolute Gasteiger partial charge is 0.338 e. The van der Waals surface area contributed by atoms with Crippen LogP contribution in [0.5, 0.6) is 0 Å². The molecule has 1 heterocycles. The molecule has 2 aliphatic rings. The summed E-state index contributed by atoms with van der Waals surface area (Å²) in [5.74, 6) is 8.91. The van der Waals surface area contributed by atoms with Crippen molar-refractivity contribution in [1.29, 1.82) is 0 Å². The summed E-state index contributed by atoms with van der Waals surface area (Å²) >= 11 is 2.02. The normalized spacial score (nSPS) is 28.2. The summed E-state index contributed by atoms with van der Waals surface area (Å²) in [5, 5.41) is 0. The Kier molecular flexibility index (Phi) is 4.98. The SMILES string of the molecule is CC1CSCCN1C(=NC1CCCCC1)NN. The molecule has 0 aromatic rings. The maximum atomic E-state index is 5.65. The fraction of sp³-hybridized carbons (Fsp3) is 0.917. The van der Waals surface area contributed by atoms with Crippen LogP contribution in [0.15, 0.2) is 4.99 Å². The summed E-state index contributed by atoms with van der Waals surface area (Å²) in [5.41, 5.74) is 2.82. The number of nitrogens with two attached hydrogens (primary N) is 1. The average molecular weight is 256 g/mol. The number of hydrogen-bond donors (Lipinski definition) is 2. The molecule has 2 rings (SSSR count). The van der Waals surface area contributed by atoms with Crippen LogP contribution in [0.4, 0.5) is 0 Å².